The normalized spacial score (nSPS) is 12.1. The average Bonchev–Trinajstić information content (AvgIpc) is 3.04. The Bertz CT molecular complexity index is 847. The van der Waals surface area contributed by atoms with Gasteiger partial charge < -0.3 is 5.32 Å². The largest absolute Gasteiger partial charge is 0.416 e. The number of benzene rings is 1. The van der Waals surface area contributed by atoms with E-state index in [9.17, 15) is 18.0 Å². The summed E-state index contributed by atoms with van der Waals surface area (Å²) in [4.78, 5) is 17.6. The van der Waals surface area contributed by atoms with E-state index in [0.717, 1.165) is 17.0 Å². The Labute approximate surface area is 139 Å². The number of carbonyl (C=O) groups excluding carboxylic acids is 1. The summed E-state index contributed by atoms with van der Waals surface area (Å²) in [6.07, 6.45) is -0.986. The molecule has 1 N–H and O–H groups in total. The van der Waals surface area contributed by atoms with Crippen LogP contribution in [0.1, 0.15) is 29.9 Å². The van der Waals surface area contributed by atoms with Gasteiger partial charge in [-0.3, -0.25) is 9.20 Å². The van der Waals surface area contributed by atoms with Crippen LogP contribution in [0.2, 0.25) is 0 Å². The molecule has 3 aromatic rings. The Morgan fingerprint density at radius 3 is 2.42 bits per heavy atom. The van der Waals surface area contributed by atoms with Gasteiger partial charge in [-0.15, -0.1) is 0 Å². The first kappa shape index (κ1) is 16.5. The van der Waals surface area contributed by atoms with E-state index in [4.69, 9.17) is 0 Å². The van der Waals surface area contributed by atoms with Crippen molar-refractivity contribution in [2.24, 2.45) is 0 Å². The fourth-order valence-electron chi connectivity index (χ4n) is 2.20. The van der Waals surface area contributed by atoms with Crippen LogP contribution >= 0.6 is 11.3 Å². The summed E-state index contributed by atoms with van der Waals surface area (Å²) in [5.41, 5.74) is 0.306. The number of nitrogens with one attached hydrogen (secondary N) is 1. The van der Waals surface area contributed by atoms with Crippen LogP contribution in [0.25, 0.3) is 15.4 Å². The molecule has 0 spiro atoms. The number of fused-ring (bicyclic) bond motifs is 1. The topological polar surface area (TPSA) is 46.4 Å². The highest BCUT2D eigenvalue weighted by Gasteiger charge is 2.30. The number of alkyl halides is 3. The van der Waals surface area contributed by atoms with Crippen molar-refractivity contribution in [1.82, 2.24) is 14.7 Å². The van der Waals surface area contributed by atoms with Crippen LogP contribution in [-0.4, -0.2) is 21.3 Å². The van der Waals surface area contributed by atoms with Crippen molar-refractivity contribution in [2.75, 3.05) is 0 Å². The summed E-state index contributed by atoms with van der Waals surface area (Å²) in [5, 5.41) is 2.76. The van der Waals surface area contributed by atoms with E-state index in [0.29, 0.717) is 16.2 Å². The summed E-state index contributed by atoms with van der Waals surface area (Å²) in [6.45, 7) is 3.72. The fourth-order valence-corrected chi connectivity index (χ4v) is 3.17. The third kappa shape index (κ3) is 3.28. The van der Waals surface area contributed by atoms with Gasteiger partial charge in [0.15, 0.2) is 4.96 Å². The predicted molar refractivity (Wildman–Crippen MR) is 86.1 cm³/mol. The minimum atomic E-state index is -4.35. The van der Waals surface area contributed by atoms with Crippen molar-refractivity contribution >= 4 is 22.2 Å². The number of thiazole rings is 1. The van der Waals surface area contributed by atoms with Gasteiger partial charge in [0.05, 0.1) is 10.4 Å². The van der Waals surface area contributed by atoms with Gasteiger partial charge in [-0.1, -0.05) is 23.5 Å². The third-order valence-electron chi connectivity index (χ3n) is 3.31. The zero-order valence-corrected chi connectivity index (χ0v) is 13.7. The van der Waals surface area contributed by atoms with Crippen molar-refractivity contribution in [3.05, 3.63) is 47.9 Å². The van der Waals surface area contributed by atoms with Gasteiger partial charge in [-0.25, -0.2) is 4.98 Å². The summed E-state index contributed by atoms with van der Waals surface area (Å²) in [6, 6.07) is 4.99. The number of imidazole rings is 1. The maximum absolute atomic E-state index is 12.6. The molecule has 8 heteroatoms. The molecule has 4 nitrogen and oxygen atoms in total. The van der Waals surface area contributed by atoms with Gasteiger partial charge in [0.1, 0.15) is 5.69 Å². The standard InChI is InChI=1S/C16H14F3N3OS/c1-9(2)20-14(23)12-7-22-8-13(24-15(22)21-12)10-3-5-11(6-4-10)16(17,18)19/h3-9H,1-2H3,(H,20,23). The minimum absolute atomic E-state index is 0.0138. The molecule has 0 aliphatic carbocycles. The Morgan fingerprint density at radius 1 is 1.21 bits per heavy atom. The number of amides is 1. The highest BCUT2D eigenvalue weighted by Crippen LogP contribution is 2.33. The van der Waals surface area contributed by atoms with E-state index in [2.05, 4.69) is 10.3 Å². The fraction of sp³-hybridized carbons (Fsp3) is 0.250. The first-order valence-electron chi connectivity index (χ1n) is 7.21. The molecule has 1 aromatic carbocycles. The van der Waals surface area contributed by atoms with Crippen LogP contribution in [0.5, 0.6) is 0 Å². The molecule has 2 heterocycles. The molecule has 0 saturated heterocycles. The Kier molecular flexibility index (Phi) is 4.08. The van der Waals surface area contributed by atoms with Crippen molar-refractivity contribution in [3.8, 4) is 10.4 Å². The van der Waals surface area contributed by atoms with E-state index in [1.807, 2.05) is 13.8 Å². The molecule has 0 fully saturated rings. The van der Waals surface area contributed by atoms with Crippen LogP contribution in [0.15, 0.2) is 36.7 Å². The molecule has 0 aliphatic rings. The van der Waals surface area contributed by atoms with Gasteiger partial charge in [0, 0.05) is 18.4 Å². The van der Waals surface area contributed by atoms with Gasteiger partial charge >= 0.3 is 6.18 Å². The van der Waals surface area contributed by atoms with Crippen molar-refractivity contribution in [1.29, 1.82) is 0 Å². The number of halogens is 3. The van der Waals surface area contributed by atoms with Crippen LogP contribution in [-0.2, 0) is 6.18 Å². The zero-order chi connectivity index (χ0) is 17.5. The Balaban J connectivity index is 1.86. The maximum Gasteiger partial charge on any atom is 0.416 e. The minimum Gasteiger partial charge on any atom is -0.348 e. The van der Waals surface area contributed by atoms with Gasteiger partial charge in [0.25, 0.3) is 5.91 Å². The Morgan fingerprint density at radius 2 is 1.88 bits per heavy atom. The van der Waals surface area contributed by atoms with E-state index >= 15 is 0 Å². The zero-order valence-electron chi connectivity index (χ0n) is 12.9. The monoisotopic (exact) mass is 353 g/mol. The molecular formula is C16H14F3N3OS. The average molecular weight is 353 g/mol. The second-order valence-corrected chi connectivity index (χ2v) is 6.62. The van der Waals surface area contributed by atoms with Crippen LogP contribution < -0.4 is 5.32 Å². The van der Waals surface area contributed by atoms with Crippen LogP contribution in [0.4, 0.5) is 13.2 Å². The predicted octanol–water partition coefficient (Wildman–Crippen LogP) is 4.22. The lowest BCUT2D eigenvalue weighted by molar-refractivity contribution is -0.137. The number of aromatic nitrogens is 2. The lowest BCUT2D eigenvalue weighted by Crippen LogP contribution is -2.30. The molecule has 0 saturated carbocycles. The molecule has 0 atom stereocenters. The van der Waals surface area contributed by atoms with Gasteiger partial charge in [0.2, 0.25) is 0 Å². The molecule has 0 aliphatic heterocycles. The van der Waals surface area contributed by atoms with Crippen molar-refractivity contribution in [2.45, 2.75) is 26.1 Å². The summed E-state index contributed by atoms with van der Waals surface area (Å²) < 4.78 is 39.5. The number of hydrogen-bond donors (Lipinski definition) is 1. The highest BCUT2D eigenvalue weighted by atomic mass is 32.1. The first-order chi connectivity index (χ1) is 11.2. The second kappa shape index (κ2) is 5.94. The molecule has 2 aromatic heterocycles. The maximum atomic E-state index is 12.6. The SMILES string of the molecule is CC(C)NC(=O)c1cn2cc(-c3ccc(C(F)(F)F)cc3)sc2n1. The lowest BCUT2D eigenvalue weighted by Gasteiger charge is -2.06. The molecule has 3 rings (SSSR count). The van der Waals surface area contributed by atoms with Gasteiger partial charge in [-0.05, 0) is 31.5 Å². The molecule has 0 bridgehead atoms. The van der Waals surface area contributed by atoms with Crippen LogP contribution in [0, 0.1) is 0 Å². The Hall–Kier alpha value is -2.35. The molecule has 0 radical (unpaired) electrons. The number of rotatable bonds is 3. The highest BCUT2D eigenvalue weighted by molar-refractivity contribution is 7.20. The molecule has 126 valence electrons. The summed E-state index contributed by atoms with van der Waals surface area (Å²) in [5.74, 6) is -0.253. The van der Waals surface area contributed by atoms with E-state index < -0.39 is 11.7 Å². The molecule has 24 heavy (non-hydrogen) atoms. The second-order valence-electron chi connectivity index (χ2n) is 5.61. The van der Waals surface area contributed by atoms with Crippen molar-refractivity contribution in [3.63, 3.8) is 0 Å². The quantitative estimate of drug-likeness (QED) is 0.766. The lowest BCUT2D eigenvalue weighted by atomic mass is 10.1. The number of carbonyl (C=O) groups is 1. The van der Waals surface area contributed by atoms with Crippen LogP contribution in [0.3, 0.4) is 0 Å². The number of hydrogen-bond acceptors (Lipinski definition) is 3. The summed E-state index contributed by atoms with van der Waals surface area (Å²) in [7, 11) is 0. The van der Waals surface area contributed by atoms with E-state index in [-0.39, 0.29) is 11.9 Å². The molecule has 1 amide bonds. The number of nitrogens with zero attached hydrogens (tertiary/aromatic N) is 2. The van der Waals surface area contributed by atoms with E-state index in [1.54, 1.807) is 16.8 Å². The van der Waals surface area contributed by atoms with E-state index in [1.165, 1.54) is 23.5 Å². The molecular weight excluding hydrogens is 339 g/mol. The first-order valence-corrected chi connectivity index (χ1v) is 8.03. The van der Waals surface area contributed by atoms with Crippen molar-refractivity contribution < 1.29 is 18.0 Å². The smallest absolute Gasteiger partial charge is 0.348 e. The third-order valence-corrected chi connectivity index (χ3v) is 4.35. The van der Waals surface area contributed by atoms with Gasteiger partial charge in [-0.2, -0.15) is 13.2 Å². The molecule has 0 unspecified atom stereocenters. The summed E-state index contributed by atoms with van der Waals surface area (Å²) >= 11 is 1.31.